The maximum absolute atomic E-state index is 11.4. The van der Waals surface area contributed by atoms with Crippen molar-refractivity contribution in [2.45, 2.75) is 44.8 Å². The van der Waals surface area contributed by atoms with Gasteiger partial charge in [-0.2, -0.15) is 0 Å². The van der Waals surface area contributed by atoms with Gasteiger partial charge in [-0.05, 0) is 31.0 Å². The molecule has 0 fully saturated rings. The first-order valence-electron chi connectivity index (χ1n) is 7.02. The molecule has 0 aliphatic carbocycles. The summed E-state index contributed by atoms with van der Waals surface area (Å²) in [5.74, 6) is 0.709. The number of aliphatic hydroxyl groups excluding tert-OH is 1. The fourth-order valence-electron chi connectivity index (χ4n) is 2.99. The van der Waals surface area contributed by atoms with Gasteiger partial charge >= 0.3 is 5.63 Å². The van der Waals surface area contributed by atoms with Crippen molar-refractivity contribution in [2.24, 2.45) is 0 Å². The van der Waals surface area contributed by atoms with E-state index in [1.54, 1.807) is 6.07 Å². The molecule has 106 valence electrons. The van der Waals surface area contributed by atoms with E-state index in [4.69, 9.17) is 9.15 Å². The molecule has 4 nitrogen and oxygen atoms in total. The van der Waals surface area contributed by atoms with Crippen LogP contribution in [0.1, 0.15) is 32.3 Å². The first kappa shape index (κ1) is 13.2. The predicted octanol–water partition coefficient (Wildman–Crippen LogP) is 2.65. The van der Waals surface area contributed by atoms with Gasteiger partial charge in [0, 0.05) is 23.4 Å². The van der Waals surface area contributed by atoms with E-state index in [0.29, 0.717) is 17.8 Å². The summed E-state index contributed by atoms with van der Waals surface area (Å²) in [6, 6.07) is 6.90. The van der Waals surface area contributed by atoms with Gasteiger partial charge in [0.15, 0.2) is 0 Å². The Morgan fingerprint density at radius 2 is 1.95 bits per heavy atom. The molecule has 0 saturated carbocycles. The van der Waals surface area contributed by atoms with E-state index in [1.165, 1.54) is 6.07 Å². The van der Waals surface area contributed by atoms with E-state index in [-0.39, 0.29) is 5.63 Å². The van der Waals surface area contributed by atoms with Crippen LogP contribution in [0.25, 0.3) is 11.0 Å². The molecule has 0 bridgehead atoms. The van der Waals surface area contributed by atoms with Crippen molar-refractivity contribution in [1.29, 1.82) is 0 Å². The van der Waals surface area contributed by atoms with Crippen molar-refractivity contribution < 1.29 is 14.3 Å². The lowest BCUT2D eigenvalue weighted by Gasteiger charge is -2.41. The highest BCUT2D eigenvalue weighted by Gasteiger charge is 2.42. The first-order chi connectivity index (χ1) is 9.59. The van der Waals surface area contributed by atoms with Gasteiger partial charge in [-0.15, -0.1) is 0 Å². The van der Waals surface area contributed by atoms with E-state index >= 15 is 0 Å². The van der Waals surface area contributed by atoms with E-state index < -0.39 is 11.7 Å². The van der Waals surface area contributed by atoms with Crippen molar-refractivity contribution in [3.05, 3.63) is 40.2 Å². The second-order valence-corrected chi connectivity index (χ2v) is 5.31. The van der Waals surface area contributed by atoms with Gasteiger partial charge in [-0.25, -0.2) is 4.79 Å². The van der Waals surface area contributed by atoms with Gasteiger partial charge in [0.25, 0.3) is 0 Å². The number of ether oxygens (including phenoxy) is 1. The molecular weight excluding hydrogens is 256 g/mol. The van der Waals surface area contributed by atoms with Crippen LogP contribution < -0.4 is 10.4 Å². The molecule has 2 heterocycles. The number of hydrogen-bond donors (Lipinski definition) is 1. The molecular formula is C16H18O4. The standard InChI is InChI=1S/C16H18O4/c1-3-16(4-2)13(17)9-11-12(20-16)7-5-10-6-8-14(18)19-15(10)11/h5-8,13,17H,3-4,9H2,1-2H3/t13-/m1/s1. The van der Waals surface area contributed by atoms with Crippen molar-refractivity contribution in [3.8, 4) is 5.75 Å². The summed E-state index contributed by atoms with van der Waals surface area (Å²) in [6.07, 6.45) is 1.32. The Bertz CT molecular complexity index is 697. The van der Waals surface area contributed by atoms with Gasteiger partial charge < -0.3 is 14.3 Å². The van der Waals surface area contributed by atoms with Gasteiger partial charge in [-0.3, -0.25) is 0 Å². The van der Waals surface area contributed by atoms with Crippen LogP contribution in [0.3, 0.4) is 0 Å². The summed E-state index contributed by atoms with van der Waals surface area (Å²) in [6.45, 7) is 4.03. The maximum Gasteiger partial charge on any atom is 0.336 e. The fourth-order valence-corrected chi connectivity index (χ4v) is 2.99. The zero-order chi connectivity index (χ0) is 14.3. The quantitative estimate of drug-likeness (QED) is 0.855. The highest BCUT2D eigenvalue weighted by atomic mass is 16.5. The highest BCUT2D eigenvalue weighted by Crippen LogP contribution is 2.40. The number of aliphatic hydroxyl groups is 1. The first-order valence-corrected chi connectivity index (χ1v) is 7.02. The molecule has 3 rings (SSSR count). The van der Waals surface area contributed by atoms with Crippen LogP contribution in [0.2, 0.25) is 0 Å². The Morgan fingerprint density at radius 3 is 2.65 bits per heavy atom. The molecule has 4 heteroatoms. The second-order valence-electron chi connectivity index (χ2n) is 5.31. The van der Waals surface area contributed by atoms with Gasteiger partial charge in [0.2, 0.25) is 0 Å². The van der Waals surface area contributed by atoms with Crippen molar-refractivity contribution in [3.63, 3.8) is 0 Å². The van der Waals surface area contributed by atoms with Gasteiger partial charge in [-0.1, -0.05) is 13.8 Å². The van der Waals surface area contributed by atoms with Crippen LogP contribution in [-0.2, 0) is 6.42 Å². The Balaban J connectivity index is 2.19. The van der Waals surface area contributed by atoms with Crippen LogP contribution in [-0.4, -0.2) is 16.8 Å². The molecule has 1 aliphatic heterocycles. The van der Waals surface area contributed by atoms with E-state index in [1.807, 2.05) is 26.0 Å². The summed E-state index contributed by atoms with van der Waals surface area (Å²) >= 11 is 0. The Morgan fingerprint density at radius 1 is 1.25 bits per heavy atom. The maximum atomic E-state index is 11.4. The third-order valence-corrected chi connectivity index (χ3v) is 4.36. The molecule has 20 heavy (non-hydrogen) atoms. The summed E-state index contributed by atoms with van der Waals surface area (Å²) in [7, 11) is 0. The largest absolute Gasteiger partial charge is 0.484 e. The SMILES string of the molecule is CCC1(CC)Oc2ccc3ccc(=O)oc3c2C[C@H]1O. The van der Waals surface area contributed by atoms with Gasteiger partial charge in [0.1, 0.15) is 16.9 Å². The minimum Gasteiger partial charge on any atom is -0.484 e. The van der Waals surface area contributed by atoms with Crippen molar-refractivity contribution in [1.82, 2.24) is 0 Å². The number of benzene rings is 1. The molecule has 1 aromatic heterocycles. The molecule has 1 aromatic carbocycles. The van der Waals surface area contributed by atoms with Crippen molar-refractivity contribution >= 4 is 11.0 Å². The van der Waals surface area contributed by atoms with Crippen LogP contribution in [0, 0.1) is 0 Å². The molecule has 0 radical (unpaired) electrons. The molecule has 1 aliphatic rings. The lowest BCUT2D eigenvalue weighted by molar-refractivity contribution is -0.0715. The summed E-state index contributed by atoms with van der Waals surface area (Å²) in [5.41, 5.74) is 0.374. The predicted molar refractivity (Wildman–Crippen MR) is 76.1 cm³/mol. The van der Waals surface area contributed by atoms with Crippen LogP contribution in [0.4, 0.5) is 0 Å². The minimum atomic E-state index is -0.596. The summed E-state index contributed by atoms with van der Waals surface area (Å²) in [4.78, 5) is 11.4. The zero-order valence-electron chi connectivity index (χ0n) is 11.7. The molecule has 2 aromatic rings. The Kier molecular flexibility index (Phi) is 3.05. The molecule has 0 saturated heterocycles. The van der Waals surface area contributed by atoms with Crippen LogP contribution in [0.15, 0.2) is 33.5 Å². The highest BCUT2D eigenvalue weighted by molar-refractivity contribution is 5.82. The number of rotatable bonds is 2. The van der Waals surface area contributed by atoms with Crippen LogP contribution >= 0.6 is 0 Å². The molecule has 0 spiro atoms. The van der Waals surface area contributed by atoms with E-state index in [9.17, 15) is 9.90 Å². The smallest absolute Gasteiger partial charge is 0.336 e. The summed E-state index contributed by atoms with van der Waals surface area (Å²) in [5, 5.41) is 11.3. The molecule has 1 atom stereocenters. The second kappa shape index (κ2) is 4.63. The molecule has 1 N–H and O–H groups in total. The third kappa shape index (κ3) is 1.83. The van der Waals surface area contributed by atoms with E-state index in [0.717, 1.165) is 23.8 Å². The monoisotopic (exact) mass is 274 g/mol. The third-order valence-electron chi connectivity index (χ3n) is 4.36. The van der Waals surface area contributed by atoms with Gasteiger partial charge in [0.05, 0.1) is 6.10 Å². The lowest BCUT2D eigenvalue weighted by atomic mass is 9.83. The molecule has 0 amide bonds. The fraction of sp³-hybridized carbons (Fsp3) is 0.438. The molecule has 0 unspecified atom stereocenters. The Hall–Kier alpha value is -1.81. The zero-order valence-corrected chi connectivity index (χ0v) is 11.7. The number of hydrogen-bond acceptors (Lipinski definition) is 4. The minimum absolute atomic E-state index is 0.386. The van der Waals surface area contributed by atoms with Crippen molar-refractivity contribution in [2.75, 3.05) is 0 Å². The average molecular weight is 274 g/mol. The number of fused-ring (bicyclic) bond motifs is 3. The topological polar surface area (TPSA) is 59.7 Å². The van der Waals surface area contributed by atoms with Crippen LogP contribution in [0.5, 0.6) is 5.75 Å². The Labute approximate surface area is 117 Å². The lowest BCUT2D eigenvalue weighted by Crippen LogP contribution is -2.50. The average Bonchev–Trinajstić information content (AvgIpc) is 2.47. The summed E-state index contributed by atoms with van der Waals surface area (Å²) < 4.78 is 11.4. The normalized spacial score (nSPS) is 20.4. The van der Waals surface area contributed by atoms with E-state index in [2.05, 4.69) is 0 Å².